The zero-order valence-electron chi connectivity index (χ0n) is 69.2. The highest BCUT2D eigenvalue weighted by Gasteiger charge is 2.21. The number of furan rings is 2. The van der Waals surface area contributed by atoms with Gasteiger partial charge in [-0.15, -0.1) is 0 Å². The molecular weight excluding hydrogens is 1610 g/mol. The van der Waals surface area contributed by atoms with Crippen molar-refractivity contribution in [2.24, 2.45) is 0 Å². The lowest BCUT2D eigenvalue weighted by Gasteiger charge is -2.26. The molecule has 0 aliphatic carbocycles. The Bertz CT molecular complexity index is 8100. The lowest BCUT2D eigenvalue weighted by molar-refractivity contribution is 0.669. The number of aromatic nitrogens is 2. The Morgan fingerprint density at radius 1 is 0.197 bits per heavy atom. The van der Waals surface area contributed by atoms with Crippen LogP contribution in [0.5, 0.6) is 0 Å². The number of hydrogen-bond acceptors (Lipinski definition) is 4. The average molecular weight is 1690 g/mol. The maximum absolute atomic E-state index is 6.44. The van der Waals surface area contributed by atoms with Crippen LogP contribution >= 0.6 is 15.9 Å². The summed E-state index contributed by atoms with van der Waals surface area (Å²) < 4.78 is 18.3. The molecule has 6 nitrogen and oxygen atoms in total. The summed E-state index contributed by atoms with van der Waals surface area (Å²) in [7, 11) is 0. The van der Waals surface area contributed by atoms with E-state index in [0.717, 1.165) is 94.0 Å². The van der Waals surface area contributed by atoms with Crippen molar-refractivity contribution in [3.05, 3.63) is 490 Å². The first kappa shape index (κ1) is 76.8. The second-order valence-electron chi connectivity index (χ2n) is 32.1. The van der Waals surface area contributed by atoms with Crippen LogP contribution in [-0.4, -0.2) is 9.13 Å². The quantitative estimate of drug-likeness (QED) is 0.111. The normalized spacial score (nSPS) is 11.3. The highest BCUT2D eigenvalue weighted by molar-refractivity contribution is 9.10. The minimum atomic E-state index is 0.903. The summed E-state index contributed by atoms with van der Waals surface area (Å²) in [6, 6.07) is 172. The Kier molecular flexibility index (Phi) is 20.5. The largest absolute Gasteiger partial charge is 0.455 e. The molecule has 0 atom stereocenters. The van der Waals surface area contributed by atoms with Crippen LogP contribution in [-0.2, 0) is 0 Å². The smallest absolute Gasteiger partial charge is 0.143 e. The zero-order valence-corrected chi connectivity index (χ0v) is 70.8. The van der Waals surface area contributed by atoms with Crippen molar-refractivity contribution in [2.75, 3.05) is 10.2 Å². The summed E-state index contributed by atoms with van der Waals surface area (Å²) in [5.74, 6) is 0. The first-order valence-corrected chi connectivity index (χ1v) is 43.8. The van der Waals surface area contributed by atoms with E-state index in [2.05, 4.69) is 490 Å². The molecule has 1 N–H and O–H groups in total. The Balaban J connectivity index is 0.000000128. The Morgan fingerprint density at radius 3 is 0.866 bits per heavy atom. The highest BCUT2D eigenvalue weighted by atomic mass is 79.9. The van der Waals surface area contributed by atoms with Gasteiger partial charge in [-0.1, -0.05) is 344 Å². The number of fused-ring (bicyclic) bond motifs is 12. The fourth-order valence-electron chi connectivity index (χ4n) is 18.1. The van der Waals surface area contributed by atoms with Crippen molar-refractivity contribution < 1.29 is 8.83 Å². The molecule has 24 aromatic rings. The van der Waals surface area contributed by atoms with E-state index in [0.29, 0.717) is 0 Å². The molecule has 127 heavy (non-hydrogen) atoms. The van der Waals surface area contributed by atoms with Gasteiger partial charge >= 0.3 is 0 Å². The van der Waals surface area contributed by atoms with Crippen LogP contribution in [0.1, 0.15) is 0 Å². The van der Waals surface area contributed by atoms with Gasteiger partial charge in [-0.3, -0.25) is 0 Å². The molecule has 0 saturated heterocycles. The number of anilines is 5. The van der Waals surface area contributed by atoms with E-state index in [-0.39, 0.29) is 0 Å². The molecule has 0 aliphatic rings. The molecule has 20 aromatic carbocycles. The number of rotatable bonds is 15. The summed E-state index contributed by atoms with van der Waals surface area (Å²) in [5.41, 5.74) is 35.1. The molecule has 0 spiro atoms. The number of hydrogen-bond donors (Lipinski definition) is 1. The highest BCUT2D eigenvalue weighted by Crippen LogP contribution is 2.45. The van der Waals surface area contributed by atoms with Crippen molar-refractivity contribution in [2.45, 2.75) is 0 Å². The number of nitrogens with zero attached hydrogens (tertiary/aromatic N) is 3. The van der Waals surface area contributed by atoms with E-state index < -0.39 is 0 Å². The predicted octanol–water partition coefficient (Wildman–Crippen LogP) is 34.4. The van der Waals surface area contributed by atoms with Gasteiger partial charge in [-0.2, -0.15) is 0 Å². The van der Waals surface area contributed by atoms with Crippen LogP contribution in [0.4, 0.5) is 28.4 Å². The van der Waals surface area contributed by atoms with Crippen LogP contribution in [0.2, 0.25) is 0 Å². The number of para-hydroxylation sites is 8. The first-order valence-electron chi connectivity index (χ1n) is 43.0. The number of nitrogens with one attached hydrogen (secondary N) is 1. The fourth-order valence-corrected chi connectivity index (χ4v) is 18.4. The Hall–Kier alpha value is -16.3. The topological polar surface area (TPSA) is 51.4 Å². The van der Waals surface area contributed by atoms with Gasteiger partial charge in [-0.25, -0.2) is 0 Å². The predicted molar refractivity (Wildman–Crippen MR) is 538 cm³/mol. The van der Waals surface area contributed by atoms with Gasteiger partial charge in [0.2, 0.25) is 0 Å². The molecule has 0 amide bonds. The van der Waals surface area contributed by atoms with E-state index in [1.807, 2.05) is 30.3 Å². The third-order valence-corrected chi connectivity index (χ3v) is 24.9. The fraction of sp³-hybridized carbons (Fsp3) is 0. The molecule has 0 radical (unpaired) electrons. The van der Waals surface area contributed by atoms with Crippen molar-refractivity contribution >= 4 is 132 Å². The van der Waals surface area contributed by atoms with Gasteiger partial charge in [0, 0.05) is 98.5 Å². The summed E-state index contributed by atoms with van der Waals surface area (Å²) in [4.78, 5) is 2.34. The minimum Gasteiger partial charge on any atom is -0.455 e. The van der Waals surface area contributed by atoms with Crippen LogP contribution < -0.4 is 10.2 Å². The summed E-state index contributed by atoms with van der Waals surface area (Å²) >= 11 is 3.47. The molecule has 24 rings (SSSR count). The minimum absolute atomic E-state index is 0.903. The van der Waals surface area contributed by atoms with Crippen LogP contribution in [0, 0.1) is 0 Å². The number of halogens is 1. The van der Waals surface area contributed by atoms with E-state index in [9.17, 15) is 0 Å². The molecule has 0 unspecified atom stereocenters. The average Bonchev–Trinajstić information content (AvgIpc) is 1.61. The van der Waals surface area contributed by atoms with Crippen LogP contribution in [0.25, 0.3) is 188 Å². The van der Waals surface area contributed by atoms with Crippen molar-refractivity contribution in [1.82, 2.24) is 9.13 Å². The molecule has 0 fully saturated rings. The third kappa shape index (κ3) is 15.2. The zero-order chi connectivity index (χ0) is 84.5. The van der Waals surface area contributed by atoms with Gasteiger partial charge < -0.3 is 28.2 Å². The maximum Gasteiger partial charge on any atom is 0.143 e. The molecule has 7 heteroatoms. The molecule has 0 bridgehead atoms. The van der Waals surface area contributed by atoms with E-state index >= 15 is 0 Å². The lowest BCUT2D eigenvalue weighted by Crippen LogP contribution is -2.09. The van der Waals surface area contributed by atoms with Crippen LogP contribution in [0.3, 0.4) is 0 Å². The Labute approximate surface area is 744 Å². The monoisotopic (exact) mass is 1690 g/mol. The van der Waals surface area contributed by atoms with E-state index in [1.165, 1.54) is 127 Å². The van der Waals surface area contributed by atoms with Gasteiger partial charge in [0.1, 0.15) is 22.3 Å². The van der Waals surface area contributed by atoms with Crippen molar-refractivity contribution in [1.29, 1.82) is 0 Å². The second-order valence-corrected chi connectivity index (χ2v) is 33.0. The SMILES string of the molecule is Brc1ccc(-c2cccc3c2oc2ccccc23)cc1.c1ccc(-c2cccc(-c3ccc(N(c4ccc(-c5ccc6c(c5)c5ccccc5n6-c5ccccc5)cc4)c4ccc(-c5cccc6c5oc5ccccc56)cc4)cc3)c2)cc1.c1ccc(-c2cccc(-c3ccc(Nc4ccc(-c5ccc6c(c5)c5ccccc5n6-c5ccccc5)cc4)cc3)c2)cc1. The van der Waals surface area contributed by atoms with Gasteiger partial charge in [0.05, 0.1) is 22.1 Å². The molecular formula is C120H81BrN4O2. The summed E-state index contributed by atoms with van der Waals surface area (Å²) in [6.07, 6.45) is 0. The van der Waals surface area contributed by atoms with Crippen molar-refractivity contribution in [3.63, 3.8) is 0 Å². The first-order chi connectivity index (χ1) is 62.9. The maximum atomic E-state index is 6.44. The third-order valence-electron chi connectivity index (χ3n) is 24.4. The second kappa shape index (κ2) is 33.8. The van der Waals surface area contributed by atoms with Gasteiger partial charge in [0.25, 0.3) is 0 Å². The van der Waals surface area contributed by atoms with Gasteiger partial charge in [0.15, 0.2) is 0 Å². The summed E-state index contributed by atoms with van der Waals surface area (Å²) in [6.45, 7) is 0. The lowest BCUT2D eigenvalue weighted by atomic mass is 9.98. The molecule has 4 aromatic heterocycles. The van der Waals surface area contributed by atoms with Crippen LogP contribution in [0.15, 0.2) is 499 Å². The number of benzene rings is 20. The van der Waals surface area contributed by atoms with Gasteiger partial charge in [-0.05, 0) is 236 Å². The van der Waals surface area contributed by atoms with E-state index in [4.69, 9.17) is 8.83 Å². The molecule has 4 heterocycles. The molecule has 600 valence electrons. The molecule has 0 aliphatic heterocycles. The van der Waals surface area contributed by atoms with Crippen molar-refractivity contribution in [3.8, 4) is 100 Å². The van der Waals surface area contributed by atoms with E-state index in [1.54, 1.807) is 0 Å². The molecule has 0 saturated carbocycles. The standard InChI is InChI=1S/C60H40N2O.C42H30N2.C18H11BrO/c1-3-13-41(14-4-1)45-15-11-16-46(39-45)42-25-32-49(33-26-42)61(51-36-29-44(30-37-51)52-21-12-22-55-54-20-8-10-24-59(54)63-60(52)55)50-34-27-43(28-35-50)47-31-38-58-56(40-47)53-19-7-9-23-57(53)62(58)48-17-5-2-6-18-48;1-3-10-30(11-4-1)33-12-9-13-34(28-33)31-18-23-36(24-19-31)43-37-25-20-32(21-26-37)35-22-27-42-40(29-35)39-16-7-8-17-41(39)44(42)38-14-5-2-6-15-38;19-13-10-8-12(9-11-13)14-5-3-6-16-15-4-1-2-7-17(15)20-18(14)16/h1-40H;1-29,43H;1-11H. The Morgan fingerprint density at radius 2 is 0.472 bits per heavy atom. The summed E-state index contributed by atoms with van der Waals surface area (Å²) in [5, 5.41) is 13.2.